The minimum Gasteiger partial charge on any atom is -0.211 e. The van der Waals surface area contributed by atoms with Gasteiger partial charge in [0.15, 0.2) is 0 Å². The van der Waals surface area contributed by atoms with E-state index in [4.69, 9.17) is 0 Å². The first-order valence-corrected chi connectivity index (χ1v) is 6.68. The fourth-order valence-corrected chi connectivity index (χ4v) is 3.47. The Bertz CT molecular complexity index is 454. The third-order valence-electron chi connectivity index (χ3n) is 3.93. The van der Waals surface area contributed by atoms with E-state index in [1.54, 1.807) is 6.08 Å². The summed E-state index contributed by atoms with van der Waals surface area (Å²) in [5.41, 5.74) is 2.50. The fourth-order valence-electron chi connectivity index (χ4n) is 3.47. The Balaban J connectivity index is 2.18. The zero-order chi connectivity index (χ0) is 13.2. The van der Waals surface area contributed by atoms with Gasteiger partial charge in [0.25, 0.3) is 0 Å². The van der Waals surface area contributed by atoms with Crippen LogP contribution in [-0.2, 0) is 4.79 Å². The van der Waals surface area contributed by atoms with Gasteiger partial charge in [-0.3, -0.25) is 0 Å². The van der Waals surface area contributed by atoms with E-state index in [9.17, 15) is 4.79 Å². The third-order valence-corrected chi connectivity index (χ3v) is 3.93. The monoisotopic (exact) mass is 243 g/mol. The van der Waals surface area contributed by atoms with Gasteiger partial charge in [0.2, 0.25) is 6.08 Å². The molecule has 1 aromatic rings. The lowest BCUT2D eigenvalue weighted by molar-refractivity contribution is 0.168. The van der Waals surface area contributed by atoms with Crippen molar-refractivity contribution < 1.29 is 4.79 Å². The molecule has 0 heterocycles. The molecule has 0 radical (unpaired) electrons. The minimum absolute atomic E-state index is 0.432. The van der Waals surface area contributed by atoms with Crippen LogP contribution < -0.4 is 0 Å². The lowest BCUT2D eigenvalue weighted by atomic mass is 9.66. The van der Waals surface area contributed by atoms with Gasteiger partial charge in [-0.05, 0) is 54.2 Å². The fraction of sp³-hybridized carbons (Fsp3) is 0.562. The summed E-state index contributed by atoms with van der Waals surface area (Å²) in [5.74, 6) is 1.42. The molecule has 2 rings (SSSR count). The van der Waals surface area contributed by atoms with Gasteiger partial charge in [0.1, 0.15) is 0 Å². The Morgan fingerprint density at radius 1 is 1.22 bits per heavy atom. The zero-order valence-corrected chi connectivity index (χ0v) is 11.4. The van der Waals surface area contributed by atoms with Crippen molar-refractivity contribution in [2.45, 2.75) is 46.0 Å². The number of benzene rings is 1. The summed E-state index contributed by atoms with van der Waals surface area (Å²) in [5, 5.41) is 0. The topological polar surface area (TPSA) is 29.4 Å². The van der Waals surface area contributed by atoms with E-state index in [2.05, 4.69) is 37.9 Å². The second-order valence-corrected chi connectivity index (χ2v) is 6.40. The molecule has 2 atom stereocenters. The normalized spacial score (nSPS) is 26.4. The van der Waals surface area contributed by atoms with Crippen LogP contribution in [0.25, 0.3) is 0 Å². The van der Waals surface area contributed by atoms with Crippen molar-refractivity contribution in [3.63, 3.8) is 0 Å². The lowest BCUT2D eigenvalue weighted by Gasteiger charge is -2.39. The zero-order valence-electron chi connectivity index (χ0n) is 11.4. The van der Waals surface area contributed by atoms with Crippen molar-refractivity contribution in [3.05, 3.63) is 29.8 Å². The quantitative estimate of drug-likeness (QED) is 0.552. The summed E-state index contributed by atoms with van der Waals surface area (Å²) in [4.78, 5) is 13.8. The summed E-state index contributed by atoms with van der Waals surface area (Å²) in [7, 11) is 0. The van der Waals surface area contributed by atoms with Crippen LogP contribution in [0.5, 0.6) is 0 Å². The summed E-state index contributed by atoms with van der Waals surface area (Å²) >= 11 is 0. The number of isocyanates is 1. The molecular weight excluding hydrogens is 222 g/mol. The van der Waals surface area contributed by atoms with Crippen molar-refractivity contribution in [1.82, 2.24) is 0 Å². The van der Waals surface area contributed by atoms with E-state index in [-0.39, 0.29) is 0 Å². The summed E-state index contributed by atoms with van der Waals surface area (Å²) < 4.78 is 0. The molecule has 0 aliphatic heterocycles. The van der Waals surface area contributed by atoms with Gasteiger partial charge >= 0.3 is 0 Å². The molecule has 2 nitrogen and oxygen atoms in total. The molecule has 2 heteroatoms. The molecule has 18 heavy (non-hydrogen) atoms. The number of nitrogens with zero attached hydrogens (tertiary/aromatic N) is 1. The van der Waals surface area contributed by atoms with E-state index in [1.165, 1.54) is 24.8 Å². The van der Waals surface area contributed by atoms with Crippen LogP contribution in [0.4, 0.5) is 5.69 Å². The SMILES string of the molecule is CC1CC(c2ccc(N=C=O)cc2)CC(C)(C)C1. The molecular formula is C16H21NO. The molecule has 1 aliphatic rings. The molecule has 1 aliphatic carbocycles. The van der Waals surface area contributed by atoms with Crippen LogP contribution in [0.15, 0.2) is 29.3 Å². The van der Waals surface area contributed by atoms with Crippen LogP contribution in [0.3, 0.4) is 0 Å². The van der Waals surface area contributed by atoms with Crippen LogP contribution in [0.2, 0.25) is 0 Å². The summed E-state index contributed by atoms with van der Waals surface area (Å²) in [6.07, 6.45) is 5.40. The van der Waals surface area contributed by atoms with E-state index in [0.29, 0.717) is 17.0 Å². The molecule has 0 spiro atoms. The van der Waals surface area contributed by atoms with Crippen molar-refractivity contribution in [2.75, 3.05) is 0 Å². The highest BCUT2D eigenvalue weighted by Gasteiger charge is 2.32. The second-order valence-electron chi connectivity index (χ2n) is 6.40. The molecule has 1 saturated carbocycles. The lowest BCUT2D eigenvalue weighted by Crippen LogP contribution is -2.26. The molecule has 0 saturated heterocycles. The minimum atomic E-state index is 0.432. The third kappa shape index (κ3) is 3.08. The predicted molar refractivity (Wildman–Crippen MR) is 73.8 cm³/mol. The number of aliphatic imine (C=N–C) groups is 1. The summed E-state index contributed by atoms with van der Waals surface area (Å²) in [6, 6.07) is 8.03. The molecule has 0 amide bonds. The van der Waals surface area contributed by atoms with Crippen LogP contribution in [0, 0.1) is 11.3 Å². The Kier molecular flexibility index (Phi) is 3.68. The molecule has 0 aromatic heterocycles. The van der Waals surface area contributed by atoms with E-state index in [1.807, 2.05) is 12.1 Å². The van der Waals surface area contributed by atoms with Crippen molar-refractivity contribution in [3.8, 4) is 0 Å². The number of hydrogen-bond acceptors (Lipinski definition) is 2. The maximum Gasteiger partial charge on any atom is 0.240 e. The van der Waals surface area contributed by atoms with Crippen LogP contribution in [-0.4, -0.2) is 6.08 Å². The van der Waals surface area contributed by atoms with Crippen LogP contribution in [0.1, 0.15) is 51.5 Å². The number of carbonyl (C=O) groups excluding carboxylic acids is 1. The second kappa shape index (κ2) is 5.07. The van der Waals surface area contributed by atoms with Crippen molar-refractivity contribution >= 4 is 11.8 Å². The van der Waals surface area contributed by atoms with E-state index >= 15 is 0 Å². The van der Waals surface area contributed by atoms with Gasteiger partial charge in [0, 0.05) is 0 Å². The first-order valence-electron chi connectivity index (χ1n) is 6.68. The average Bonchev–Trinajstić information content (AvgIpc) is 2.27. The average molecular weight is 243 g/mol. The van der Waals surface area contributed by atoms with Gasteiger partial charge < -0.3 is 0 Å². The molecule has 0 bridgehead atoms. The Morgan fingerprint density at radius 2 is 1.89 bits per heavy atom. The standard InChI is InChI=1S/C16H21NO/c1-12-8-14(10-16(2,3)9-12)13-4-6-15(7-5-13)17-11-18/h4-7,12,14H,8-10H2,1-3H3. The van der Waals surface area contributed by atoms with Gasteiger partial charge in [-0.15, -0.1) is 0 Å². The Morgan fingerprint density at radius 3 is 2.44 bits per heavy atom. The van der Waals surface area contributed by atoms with Crippen molar-refractivity contribution in [1.29, 1.82) is 0 Å². The van der Waals surface area contributed by atoms with E-state index < -0.39 is 0 Å². The summed E-state index contributed by atoms with van der Waals surface area (Å²) in [6.45, 7) is 7.07. The molecule has 96 valence electrons. The first kappa shape index (κ1) is 13.0. The largest absolute Gasteiger partial charge is 0.240 e. The maximum absolute atomic E-state index is 10.2. The van der Waals surface area contributed by atoms with Gasteiger partial charge in [0.05, 0.1) is 5.69 Å². The van der Waals surface area contributed by atoms with Crippen LogP contribution >= 0.6 is 0 Å². The molecule has 1 aromatic carbocycles. The Labute approximate surface area is 109 Å². The maximum atomic E-state index is 10.2. The first-order chi connectivity index (χ1) is 8.50. The highest BCUT2D eigenvalue weighted by atomic mass is 16.1. The predicted octanol–water partition coefficient (Wildman–Crippen LogP) is 4.58. The Hall–Kier alpha value is -1.40. The highest BCUT2D eigenvalue weighted by molar-refractivity contribution is 5.49. The van der Waals surface area contributed by atoms with Gasteiger partial charge in [-0.2, -0.15) is 4.99 Å². The van der Waals surface area contributed by atoms with Gasteiger partial charge in [-0.25, -0.2) is 4.79 Å². The molecule has 1 fully saturated rings. The van der Waals surface area contributed by atoms with Crippen molar-refractivity contribution in [2.24, 2.45) is 16.3 Å². The van der Waals surface area contributed by atoms with E-state index in [0.717, 1.165) is 5.92 Å². The smallest absolute Gasteiger partial charge is 0.211 e. The molecule has 0 N–H and O–H groups in total. The number of rotatable bonds is 2. The molecule has 2 unspecified atom stereocenters. The number of hydrogen-bond donors (Lipinski definition) is 0. The van der Waals surface area contributed by atoms with Gasteiger partial charge in [-0.1, -0.05) is 32.9 Å². The highest BCUT2D eigenvalue weighted by Crippen LogP contribution is 2.46.